The summed E-state index contributed by atoms with van der Waals surface area (Å²) >= 11 is 0. The summed E-state index contributed by atoms with van der Waals surface area (Å²) in [6, 6.07) is 8.68. The van der Waals surface area contributed by atoms with Crippen molar-refractivity contribution in [2.75, 3.05) is 39.4 Å². The number of carbonyl (C=O) groups excluding carboxylic acids is 2. The molecule has 1 aliphatic rings. The summed E-state index contributed by atoms with van der Waals surface area (Å²) in [5.74, 6) is 0.848. The van der Waals surface area contributed by atoms with Crippen molar-refractivity contribution in [2.45, 2.75) is 26.4 Å². The summed E-state index contributed by atoms with van der Waals surface area (Å²) in [6.45, 7) is 7.04. The number of benzene rings is 1. The molecule has 0 aliphatic carbocycles. The smallest absolute Gasteiger partial charge is 0.410 e. The molecule has 1 heterocycles. The van der Waals surface area contributed by atoms with E-state index in [0.29, 0.717) is 37.7 Å². The molecule has 1 saturated heterocycles. The number of hydrogen-bond acceptors (Lipinski definition) is 6. The molecular weight excluding hydrogens is 350 g/mol. The van der Waals surface area contributed by atoms with E-state index in [1.165, 1.54) is 0 Å². The minimum Gasteiger partial charge on any atom is -0.484 e. The summed E-state index contributed by atoms with van der Waals surface area (Å²) in [7, 11) is 0. The van der Waals surface area contributed by atoms with Crippen molar-refractivity contribution in [1.82, 2.24) is 9.80 Å². The van der Waals surface area contributed by atoms with Crippen LogP contribution in [0.25, 0.3) is 0 Å². The van der Waals surface area contributed by atoms with Crippen LogP contribution < -0.4 is 9.47 Å². The van der Waals surface area contributed by atoms with E-state index in [-0.39, 0.29) is 25.2 Å². The van der Waals surface area contributed by atoms with E-state index in [1.54, 1.807) is 34.1 Å². The third-order valence-corrected chi connectivity index (χ3v) is 3.76. The SMILES string of the molecule is CC(C)(C)OC(=O)N1CCN(C(=O)COc2cccc(OCC#N)c2)CC1. The van der Waals surface area contributed by atoms with Gasteiger partial charge in [-0.2, -0.15) is 5.26 Å². The van der Waals surface area contributed by atoms with Gasteiger partial charge in [0.05, 0.1) is 0 Å². The van der Waals surface area contributed by atoms with Gasteiger partial charge in [-0.3, -0.25) is 4.79 Å². The Bertz CT molecular complexity index is 700. The molecule has 0 radical (unpaired) electrons. The fourth-order valence-corrected chi connectivity index (χ4v) is 2.47. The second-order valence-corrected chi connectivity index (χ2v) is 7.06. The van der Waals surface area contributed by atoms with Crippen molar-refractivity contribution in [2.24, 2.45) is 0 Å². The van der Waals surface area contributed by atoms with Crippen molar-refractivity contribution in [3.8, 4) is 17.6 Å². The van der Waals surface area contributed by atoms with E-state index in [2.05, 4.69) is 0 Å². The van der Waals surface area contributed by atoms with Gasteiger partial charge >= 0.3 is 6.09 Å². The van der Waals surface area contributed by atoms with Crippen molar-refractivity contribution < 1.29 is 23.8 Å². The van der Waals surface area contributed by atoms with E-state index < -0.39 is 5.60 Å². The number of nitrogens with zero attached hydrogens (tertiary/aromatic N) is 3. The van der Waals surface area contributed by atoms with Crippen molar-refractivity contribution >= 4 is 12.0 Å². The van der Waals surface area contributed by atoms with E-state index in [4.69, 9.17) is 19.5 Å². The second kappa shape index (κ2) is 9.12. The lowest BCUT2D eigenvalue weighted by atomic mass is 10.2. The van der Waals surface area contributed by atoms with Crippen molar-refractivity contribution in [1.29, 1.82) is 5.26 Å². The molecule has 1 aromatic rings. The summed E-state index contributed by atoms with van der Waals surface area (Å²) in [5.41, 5.74) is -0.538. The van der Waals surface area contributed by atoms with Crippen LogP contribution in [0.5, 0.6) is 11.5 Å². The van der Waals surface area contributed by atoms with Crippen LogP contribution in [0.2, 0.25) is 0 Å². The molecule has 0 aromatic heterocycles. The van der Waals surface area contributed by atoms with Gasteiger partial charge in [-0.05, 0) is 32.9 Å². The van der Waals surface area contributed by atoms with Crippen LogP contribution in [0.3, 0.4) is 0 Å². The lowest BCUT2D eigenvalue weighted by molar-refractivity contribution is -0.135. The van der Waals surface area contributed by atoms with E-state index in [9.17, 15) is 9.59 Å². The van der Waals surface area contributed by atoms with Gasteiger partial charge in [-0.25, -0.2) is 4.79 Å². The first-order valence-corrected chi connectivity index (χ1v) is 8.77. The summed E-state index contributed by atoms with van der Waals surface area (Å²) in [4.78, 5) is 27.6. The highest BCUT2D eigenvalue weighted by Crippen LogP contribution is 2.19. The molecule has 1 fully saturated rings. The van der Waals surface area contributed by atoms with Gasteiger partial charge in [0.15, 0.2) is 13.2 Å². The van der Waals surface area contributed by atoms with Gasteiger partial charge in [0, 0.05) is 32.2 Å². The maximum atomic E-state index is 12.3. The Balaban J connectivity index is 1.78. The fraction of sp³-hybridized carbons (Fsp3) is 0.526. The van der Waals surface area contributed by atoms with Crippen LogP contribution in [-0.2, 0) is 9.53 Å². The molecule has 2 rings (SSSR count). The molecule has 27 heavy (non-hydrogen) atoms. The molecule has 0 bridgehead atoms. The third-order valence-electron chi connectivity index (χ3n) is 3.76. The van der Waals surface area contributed by atoms with Crippen LogP contribution in [0.4, 0.5) is 4.79 Å². The Morgan fingerprint density at radius 2 is 1.67 bits per heavy atom. The molecule has 8 heteroatoms. The third kappa shape index (κ3) is 6.70. The summed E-state index contributed by atoms with van der Waals surface area (Å²) < 4.78 is 16.1. The van der Waals surface area contributed by atoms with Crippen LogP contribution in [0, 0.1) is 11.3 Å². The molecule has 8 nitrogen and oxygen atoms in total. The molecule has 1 aliphatic heterocycles. The first-order chi connectivity index (χ1) is 12.8. The van der Waals surface area contributed by atoms with Crippen LogP contribution in [0.15, 0.2) is 24.3 Å². The number of piperazine rings is 1. The zero-order valence-electron chi connectivity index (χ0n) is 15.9. The van der Waals surface area contributed by atoms with Crippen molar-refractivity contribution in [3.63, 3.8) is 0 Å². The quantitative estimate of drug-likeness (QED) is 0.782. The van der Waals surface area contributed by atoms with Crippen LogP contribution >= 0.6 is 0 Å². The van der Waals surface area contributed by atoms with Gasteiger partial charge in [0.25, 0.3) is 5.91 Å². The summed E-state index contributed by atoms with van der Waals surface area (Å²) in [6.07, 6.45) is -0.361. The van der Waals surface area contributed by atoms with Gasteiger partial charge in [0.2, 0.25) is 0 Å². The maximum absolute atomic E-state index is 12.3. The summed E-state index contributed by atoms with van der Waals surface area (Å²) in [5, 5.41) is 8.54. The lowest BCUT2D eigenvalue weighted by Crippen LogP contribution is -2.52. The van der Waals surface area contributed by atoms with Gasteiger partial charge in [-0.1, -0.05) is 6.07 Å². The van der Waals surface area contributed by atoms with Gasteiger partial charge in [-0.15, -0.1) is 0 Å². The molecule has 1 aromatic carbocycles. The number of hydrogen-bond donors (Lipinski definition) is 0. The predicted octanol–water partition coefficient (Wildman–Crippen LogP) is 2.05. The second-order valence-electron chi connectivity index (χ2n) is 7.06. The zero-order chi connectivity index (χ0) is 19.9. The minimum absolute atomic E-state index is 0.0513. The molecule has 0 unspecified atom stereocenters. The lowest BCUT2D eigenvalue weighted by Gasteiger charge is -2.35. The molecular formula is C19H25N3O5. The van der Waals surface area contributed by atoms with Crippen LogP contribution in [-0.4, -0.2) is 66.8 Å². The molecule has 0 atom stereocenters. The predicted molar refractivity (Wildman–Crippen MR) is 97.4 cm³/mol. The first-order valence-electron chi connectivity index (χ1n) is 8.77. The van der Waals surface area contributed by atoms with Crippen LogP contribution in [0.1, 0.15) is 20.8 Å². The number of carbonyl (C=O) groups is 2. The highest BCUT2D eigenvalue weighted by atomic mass is 16.6. The first kappa shape index (κ1) is 20.4. The Morgan fingerprint density at radius 3 is 2.26 bits per heavy atom. The molecule has 146 valence electrons. The standard InChI is InChI=1S/C19H25N3O5/c1-19(2,3)27-18(24)22-10-8-21(9-11-22)17(23)14-26-16-6-4-5-15(13-16)25-12-7-20/h4-6,13H,8-12,14H2,1-3H3. The molecule has 0 saturated carbocycles. The van der Waals surface area contributed by atoms with Gasteiger partial charge in [0.1, 0.15) is 23.2 Å². The number of ether oxygens (including phenoxy) is 3. The topological polar surface area (TPSA) is 92.1 Å². The average molecular weight is 375 g/mol. The highest BCUT2D eigenvalue weighted by molar-refractivity contribution is 5.78. The maximum Gasteiger partial charge on any atom is 0.410 e. The Labute approximate surface area is 159 Å². The van der Waals surface area contributed by atoms with E-state index >= 15 is 0 Å². The fourth-order valence-electron chi connectivity index (χ4n) is 2.47. The number of rotatable bonds is 5. The molecule has 0 spiro atoms. The van der Waals surface area contributed by atoms with Crippen molar-refractivity contribution in [3.05, 3.63) is 24.3 Å². The molecule has 2 amide bonds. The molecule has 0 N–H and O–H groups in total. The van der Waals surface area contributed by atoms with E-state index in [0.717, 1.165) is 0 Å². The monoisotopic (exact) mass is 375 g/mol. The normalized spacial score (nSPS) is 14.3. The number of nitriles is 1. The highest BCUT2D eigenvalue weighted by Gasteiger charge is 2.27. The van der Waals surface area contributed by atoms with E-state index in [1.807, 2.05) is 26.8 Å². The Kier molecular flexibility index (Phi) is 6.88. The Hall–Kier alpha value is -2.95. The average Bonchev–Trinajstić information content (AvgIpc) is 2.63. The minimum atomic E-state index is -0.538. The largest absolute Gasteiger partial charge is 0.484 e. The number of amides is 2. The zero-order valence-corrected chi connectivity index (χ0v) is 15.9. The van der Waals surface area contributed by atoms with Gasteiger partial charge < -0.3 is 24.0 Å². The Morgan fingerprint density at radius 1 is 1.07 bits per heavy atom.